The van der Waals surface area contributed by atoms with E-state index >= 15 is 0 Å². The van der Waals surface area contributed by atoms with E-state index in [1.165, 1.54) is 0 Å². The predicted molar refractivity (Wildman–Crippen MR) is 86.9 cm³/mol. The van der Waals surface area contributed by atoms with E-state index in [4.69, 9.17) is 5.73 Å². The van der Waals surface area contributed by atoms with Crippen LogP contribution < -0.4 is 5.73 Å². The average molecular weight is 363 g/mol. The molecule has 0 radical (unpaired) electrons. The van der Waals surface area contributed by atoms with Crippen LogP contribution in [0.15, 0.2) is 28.7 Å². The zero-order valence-corrected chi connectivity index (χ0v) is 14.0. The monoisotopic (exact) mass is 361 g/mol. The molecule has 20 heavy (non-hydrogen) atoms. The molecule has 4 nitrogen and oxygen atoms in total. The number of likely N-dealkylation sites (tertiary alicyclic amines) is 1. The van der Waals surface area contributed by atoms with Gasteiger partial charge in [0.1, 0.15) is 0 Å². The van der Waals surface area contributed by atoms with E-state index in [0.29, 0.717) is 13.1 Å². The molecule has 1 heterocycles. The maximum atomic E-state index is 12.1. The molecular weight excluding hydrogens is 342 g/mol. The van der Waals surface area contributed by atoms with Crippen LogP contribution in [0.4, 0.5) is 0 Å². The largest absolute Gasteiger partial charge is 0.340 e. The molecule has 0 aromatic heterocycles. The Balaban J connectivity index is 0.00000200. The zero-order chi connectivity index (χ0) is 13.8. The van der Waals surface area contributed by atoms with Crippen molar-refractivity contribution in [1.29, 1.82) is 0 Å². The molecule has 1 aromatic carbocycles. The van der Waals surface area contributed by atoms with Crippen LogP contribution in [0.2, 0.25) is 0 Å². The first-order chi connectivity index (χ1) is 9.06. The highest BCUT2D eigenvalue weighted by molar-refractivity contribution is 9.10. The SMILES string of the molecule is CN(Cc1ccccc1Br)C(=O)CN1CCC(N)C1.Cl. The molecule has 2 rings (SSSR count). The Morgan fingerprint density at radius 2 is 2.20 bits per heavy atom. The lowest BCUT2D eigenvalue weighted by Crippen LogP contribution is -2.38. The van der Waals surface area contributed by atoms with E-state index in [0.717, 1.165) is 29.5 Å². The molecule has 6 heteroatoms. The Kier molecular flexibility index (Phi) is 6.95. The van der Waals surface area contributed by atoms with Crippen molar-refractivity contribution in [1.82, 2.24) is 9.80 Å². The van der Waals surface area contributed by atoms with Crippen molar-refractivity contribution in [3.05, 3.63) is 34.3 Å². The third kappa shape index (κ3) is 4.74. The molecule has 1 unspecified atom stereocenters. The number of carbonyl (C=O) groups excluding carboxylic acids is 1. The number of halogens is 2. The predicted octanol–water partition coefficient (Wildman–Crippen LogP) is 1.86. The number of amides is 1. The molecule has 0 aliphatic carbocycles. The van der Waals surface area contributed by atoms with Crippen molar-refractivity contribution >= 4 is 34.2 Å². The molecule has 1 fully saturated rings. The summed E-state index contributed by atoms with van der Waals surface area (Å²) in [6, 6.07) is 8.20. The minimum absolute atomic E-state index is 0. The van der Waals surface area contributed by atoms with Crippen molar-refractivity contribution in [2.24, 2.45) is 5.73 Å². The van der Waals surface area contributed by atoms with Gasteiger partial charge in [-0.05, 0) is 18.1 Å². The summed E-state index contributed by atoms with van der Waals surface area (Å²) in [4.78, 5) is 16.0. The molecule has 2 N–H and O–H groups in total. The number of hydrogen-bond donors (Lipinski definition) is 1. The van der Waals surface area contributed by atoms with Gasteiger partial charge in [0.25, 0.3) is 0 Å². The summed E-state index contributed by atoms with van der Waals surface area (Å²) >= 11 is 3.51. The molecule has 1 atom stereocenters. The van der Waals surface area contributed by atoms with Gasteiger partial charge in [-0.25, -0.2) is 0 Å². The first-order valence-electron chi connectivity index (χ1n) is 6.51. The molecule has 0 bridgehead atoms. The van der Waals surface area contributed by atoms with Crippen LogP contribution in [0.5, 0.6) is 0 Å². The van der Waals surface area contributed by atoms with Gasteiger partial charge in [0.15, 0.2) is 0 Å². The third-order valence-corrected chi connectivity index (χ3v) is 4.23. The van der Waals surface area contributed by atoms with Crippen LogP contribution >= 0.6 is 28.3 Å². The Morgan fingerprint density at radius 1 is 1.50 bits per heavy atom. The summed E-state index contributed by atoms with van der Waals surface area (Å²) in [5.74, 6) is 0.143. The second kappa shape index (κ2) is 7.98. The average Bonchev–Trinajstić information content (AvgIpc) is 2.77. The molecule has 0 spiro atoms. The van der Waals surface area contributed by atoms with Gasteiger partial charge in [-0.2, -0.15) is 0 Å². The van der Waals surface area contributed by atoms with Crippen LogP contribution in [0.3, 0.4) is 0 Å². The van der Waals surface area contributed by atoms with E-state index in [-0.39, 0.29) is 24.4 Å². The van der Waals surface area contributed by atoms with Crippen LogP contribution in [0, 0.1) is 0 Å². The first kappa shape index (κ1) is 17.4. The van der Waals surface area contributed by atoms with Crippen LogP contribution in [0.1, 0.15) is 12.0 Å². The van der Waals surface area contributed by atoms with Gasteiger partial charge >= 0.3 is 0 Å². The van der Waals surface area contributed by atoms with Crippen LogP contribution in [-0.2, 0) is 11.3 Å². The molecule has 112 valence electrons. The van der Waals surface area contributed by atoms with Gasteiger partial charge in [0.05, 0.1) is 6.54 Å². The number of rotatable bonds is 4. The minimum atomic E-state index is 0. The Morgan fingerprint density at radius 3 is 2.80 bits per heavy atom. The van der Waals surface area contributed by atoms with E-state index in [9.17, 15) is 4.79 Å². The lowest BCUT2D eigenvalue weighted by atomic mass is 10.2. The van der Waals surface area contributed by atoms with Crippen LogP contribution in [0.25, 0.3) is 0 Å². The second-order valence-electron chi connectivity index (χ2n) is 5.13. The van der Waals surface area contributed by atoms with Gasteiger partial charge in [0.2, 0.25) is 5.91 Å². The van der Waals surface area contributed by atoms with E-state index in [1.807, 2.05) is 31.3 Å². The van der Waals surface area contributed by atoms with Crippen molar-refractivity contribution in [2.45, 2.75) is 19.0 Å². The lowest BCUT2D eigenvalue weighted by molar-refractivity contribution is -0.131. The summed E-state index contributed by atoms with van der Waals surface area (Å²) in [5, 5.41) is 0. The van der Waals surface area contributed by atoms with E-state index < -0.39 is 0 Å². The van der Waals surface area contributed by atoms with Gasteiger partial charge in [-0.15, -0.1) is 12.4 Å². The van der Waals surface area contributed by atoms with Gasteiger partial charge in [-0.3, -0.25) is 9.69 Å². The van der Waals surface area contributed by atoms with E-state index in [2.05, 4.69) is 20.8 Å². The summed E-state index contributed by atoms with van der Waals surface area (Å²) < 4.78 is 1.04. The third-order valence-electron chi connectivity index (χ3n) is 3.46. The number of likely N-dealkylation sites (N-methyl/N-ethyl adjacent to an activating group) is 1. The number of nitrogens with two attached hydrogens (primary N) is 1. The fourth-order valence-corrected chi connectivity index (χ4v) is 2.70. The van der Waals surface area contributed by atoms with Gasteiger partial charge in [0, 0.05) is 37.2 Å². The smallest absolute Gasteiger partial charge is 0.236 e. The van der Waals surface area contributed by atoms with E-state index in [1.54, 1.807) is 4.90 Å². The number of carbonyl (C=O) groups is 1. The minimum Gasteiger partial charge on any atom is -0.340 e. The molecular formula is C14H21BrClN3O. The lowest BCUT2D eigenvalue weighted by Gasteiger charge is -2.22. The van der Waals surface area contributed by atoms with Crippen molar-refractivity contribution in [3.8, 4) is 0 Å². The molecule has 1 aliphatic rings. The van der Waals surface area contributed by atoms with Crippen LogP contribution in [-0.4, -0.2) is 48.4 Å². The number of nitrogens with zero attached hydrogens (tertiary/aromatic N) is 2. The normalized spacial score (nSPS) is 18.6. The molecule has 1 amide bonds. The number of benzene rings is 1. The fourth-order valence-electron chi connectivity index (χ4n) is 2.29. The quantitative estimate of drug-likeness (QED) is 0.889. The van der Waals surface area contributed by atoms with Gasteiger partial charge < -0.3 is 10.6 Å². The van der Waals surface area contributed by atoms with Crippen molar-refractivity contribution in [2.75, 3.05) is 26.7 Å². The topological polar surface area (TPSA) is 49.6 Å². The highest BCUT2D eigenvalue weighted by atomic mass is 79.9. The Hall–Kier alpha value is -0.620. The van der Waals surface area contributed by atoms with Crippen molar-refractivity contribution in [3.63, 3.8) is 0 Å². The maximum absolute atomic E-state index is 12.1. The summed E-state index contributed by atoms with van der Waals surface area (Å²) in [6.45, 7) is 2.85. The molecule has 0 saturated carbocycles. The highest BCUT2D eigenvalue weighted by Crippen LogP contribution is 2.17. The summed E-state index contributed by atoms with van der Waals surface area (Å²) in [5.41, 5.74) is 6.97. The standard InChI is InChI=1S/C14H20BrN3O.ClH/c1-17(8-11-4-2-3-5-13(11)15)14(19)10-18-7-6-12(16)9-18;/h2-5,12H,6-10,16H2,1H3;1H. The number of hydrogen-bond acceptors (Lipinski definition) is 3. The second-order valence-corrected chi connectivity index (χ2v) is 5.98. The Bertz CT molecular complexity index is 458. The summed E-state index contributed by atoms with van der Waals surface area (Å²) in [6.07, 6.45) is 0.987. The summed E-state index contributed by atoms with van der Waals surface area (Å²) in [7, 11) is 1.85. The molecule has 1 aromatic rings. The first-order valence-corrected chi connectivity index (χ1v) is 7.31. The fraction of sp³-hybridized carbons (Fsp3) is 0.500. The zero-order valence-electron chi connectivity index (χ0n) is 11.6. The van der Waals surface area contributed by atoms with Gasteiger partial charge in [-0.1, -0.05) is 34.1 Å². The molecule has 1 aliphatic heterocycles. The maximum Gasteiger partial charge on any atom is 0.236 e. The Labute approximate surface area is 134 Å². The van der Waals surface area contributed by atoms with Crippen molar-refractivity contribution < 1.29 is 4.79 Å². The molecule has 1 saturated heterocycles. The highest BCUT2D eigenvalue weighted by Gasteiger charge is 2.22.